The van der Waals surface area contributed by atoms with Crippen molar-refractivity contribution >= 4 is 12.1 Å². The fourth-order valence-corrected chi connectivity index (χ4v) is 3.29. The van der Waals surface area contributed by atoms with Crippen molar-refractivity contribution in [2.75, 3.05) is 26.2 Å². The molecule has 1 aliphatic heterocycles. The number of oxime groups is 1. The SMILES string of the molecule is CCc1ccc(/C=N\O[C@@H](C)C(=O)N2CCN(Cc3ccccc3)CC2)cc1. The highest BCUT2D eigenvalue weighted by atomic mass is 16.6. The Bertz CT molecular complexity index is 766. The molecule has 28 heavy (non-hydrogen) atoms. The van der Waals surface area contributed by atoms with Crippen LogP contribution in [-0.2, 0) is 22.6 Å². The van der Waals surface area contributed by atoms with E-state index in [4.69, 9.17) is 4.84 Å². The Labute approximate surface area is 167 Å². The monoisotopic (exact) mass is 379 g/mol. The number of hydrogen-bond donors (Lipinski definition) is 0. The summed E-state index contributed by atoms with van der Waals surface area (Å²) in [5, 5.41) is 4.00. The zero-order valence-corrected chi connectivity index (χ0v) is 16.8. The minimum Gasteiger partial charge on any atom is -0.383 e. The lowest BCUT2D eigenvalue weighted by Crippen LogP contribution is -2.50. The first-order chi connectivity index (χ1) is 13.7. The van der Waals surface area contributed by atoms with E-state index >= 15 is 0 Å². The third-order valence-corrected chi connectivity index (χ3v) is 5.09. The second kappa shape index (κ2) is 10.0. The number of amides is 1. The van der Waals surface area contributed by atoms with E-state index in [-0.39, 0.29) is 5.91 Å². The molecule has 0 bridgehead atoms. The van der Waals surface area contributed by atoms with Crippen LogP contribution in [-0.4, -0.2) is 54.2 Å². The molecule has 0 spiro atoms. The van der Waals surface area contributed by atoms with Gasteiger partial charge in [0.1, 0.15) is 0 Å². The van der Waals surface area contributed by atoms with Crippen LogP contribution in [0.2, 0.25) is 0 Å². The number of carbonyl (C=O) groups is 1. The lowest BCUT2D eigenvalue weighted by Gasteiger charge is -2.35. The second-order valence-corrected chi connectivity index (χ2v) is 7.16. The predicted octanol–water partition coefficient (Wildman–Crippen LogP) is 3.33. The Kier molecular flexibility index (Phi) is 7.20. The molecule has 0 aliphatic carbocycles. The maximum Gasteiger partial charge on any atom is 0.266 e. The van der Waals surface area contributed by atoms with Gasteiger partial charge in [-0.15, -0.1) is 0 Å². The van der Waals surface area contributed by atoms with E-state index in [2.05, 4.69) is 53.4 Å². The molecule has 148 valence electrons. The quantitative estimate of drug-likeness (QED) is 0.548. The van der Waals surface area contributed by atoms with Crippen molar-refractivity contribution in [3.63, 3.8) is 0 Å². The molecule has 1 fully saturated rings. The van der Waals surface area contributed by atoms with Crippen LogP contribution >= 0.6 is 0 Å². The highest BCUT2D eigenvalue weighted by Crippen LogP contribution is 2.10. The van der Waals surface area contributed by atoms with Crippen molar-refractivity contribution in [3.05, 3.63) is 71.3 Å². The second-order valence-electron chi connectivity index (χ2n) is 7.16. The number of hydrogen-bond acceptors (Lipinski definition) is 4. The average molecular weight is 380 g/mol. The number of nitrogens with zero attached hydrogens (tertiary/aromatic N) is 3. The topological polar surface area (TPSA) is 45.1 Å². The first-order valence-corrected chi connectivity index (χ1v) is 9.99. The van der Waals surface area contributed by atoms with Crippen molar-refractivity contribution in [1.29, 1.82) is 0 Å². The van der Waals surface area contributed by atoms with Gasteiger partial charge in [0.15, 0.2) is 0 Å². The van der Waals surface area contributed by atoms with Crippen molar-refractivity contribution in [1.82, 2.24) is 9.80 Å². The van der Waals surface area contributed by atoms with Crippen molar-refractivity contribution < 1.29 is 9.63 Å². The maximum absolute atomic E-state index is 12.6. The number of rotatable bonds is 7. The highest BCUT2D eigenvalue weighted by molar-refractivity contribution is 5.81. The van der Waals surface area contributed by atoms with Gasteiger partial charge in [-0.3, -0.25) is 9.69 Å². The van der Waals surface area contributed by atoms with Crippen LogP contribution < -0.4 is 0 Å². The Morgan fingerprint density at radius 1 is 1.04 bits per heavy atom. The Morgan fingerprint density at radius 3 is 2.36 bits per heavy atom. The summed E-state index contributed by atoms with van der Waals surface area (Å²) < 4.78 is 0. The van der Waals surface area contributed by atoms with E-state index in [1.54, 1.807) is 13.1 Å². The van der Waals surface area contributed by atoms with E-state index in [0.717, 1.165) is 44.7 Å². The molecule has 3 rings (SSSR count). The van der Waals surface area contributed by atoms with Gasteiger partial charge in [0.25, 0.3) is 5.91 Å². The molecule has 1 heterocycles. The molecule has 0 aromatic heterocycles. The Balaban J connectivity index is 1.43. The predicted molar refractivity (Wildman–Crippen MR) is 112 cm³/mol. The van der Waals surface area contributed by atoms with Gasteiger partial charge in [-0.2, -0.15) is 0 Å². The molecular weight excluding hydrogens is 350 g/mol. The molecule has 2 aromatic carbocycles. The maximum atomic E-state index is 12.6. The summed E-state index contributed by atoms with van der Waals surface area (Å²) >= 11 is 0. The molecule has 1 aliphatic rings. The van der Waals surface area contributed by atoms with Gasteiger partial charge in [-0.25, -0.2) is 0 Å². The lowest BCUT2D eigenvalue weighted by molar-refractivity contribution is -0.144. The summed E-state index contributed by atoms with van der Waals surface area (Å²) in [6.07, 6.45) is 2.09. The van der Waals surface area contributed by atoms with Gasteiger partial charge in [0.2, 0.25) is 6.10 Å². The summed E-state index contributed by atoms with van der Waals surface area (Å²) in [5.74, 6) is -0.00200. The highest BCUT2D eigenvalue weighted by Gasteiger charge is 2.26. The van der Waals surface area contributed by atoms with E-state index in [1.807, 2.05) is 23.1 Å². The molecular formula is C23H29N3O2. The number of benzene rings is 2. The van der Waals surface area contributed by atoms with Gasteiger partial charge in [-0.05, 0) is 30.0 Å². The van der Waals surface area contributed by atoms with Crippen molar-refractivity contribution in [2.24, 2.45) is 5.16 Å². The van der Waals surface area contributed by atoms with Gasteiger partial charge in [0.05, 0.1) is 6.21 Å². The van der Waals surface area contributed by atoms with Gasteiger partial charge in [0, 0.05) is 32.7 Å². The minimum atomic E-state index is -0.577. The molecule has 1 saturated heterocycles. The zero-order valence-electron chi connectivity index (χ0n) is 16.8. The Hall–Kier alpha value is -2.66. The van der Waals surface area contributed by atoms with Crippen LogP contribution in [0.15, 0.2) is 59.8 Å². The van der Waals surface area contributed by atoms with Crippen LogP contribution in [0.1, 0.15) is 30.5 Å². The third-order valence-electron chi connectivity index (χ3n) is 5.09. The summed E-state index contributed by atoms with van der Waals surface area (Å²) in [6.45, 7) is 8.01. The molecule has 2 aromatic rings. The van der Waals surface area contributed by atoms with Gasteiger partial charge >= 0.3 is 0 Å². The molecule has 1 amide bonds. The van der Waals surface area contributed by atoms with Crippen LogP contribution in [0, 0.1) is 0 Å². The van der Waals surface area contributed by atoms with Gasteiger partial charge < -0.3 is 9.74 Å². The van der Waals surface area contributed by atoms with E-state index < -0.39 is 6.10 Å². The minimum absolute atomic E-state index is 0.00200. The zero-order chi connectivity index (χ0) is 19.8. The molecule has 0 saturated carbocycles. The van der Waals surface area contributed by atoms with E-state index in [0.29, 0.717) is 0 Å². The van der Waals surface area contributed by atoms with Crippen molar-refractivity contribution in [2.45, 2.75) is 32.9 Å². The normalized spacial score (nSPS) is 16.3. The molecule has 0 radical (unpaired) electrons. The molecule has 5 heteroatoms. The first kappa shape index (κ1) is 20.1. The van der Waals surface area contributed by atoms with E-state index in [1.165, 1.54) is 11.1 Å². The molecule has 1 atom stereocenters. The fraction of sp³-hybridized carbons (Fsp3) is 0.391. The number of aryl methyl sites for hydroxylation is 1. The number of carbonyl (C=O) groups excluding carboxylic acids is 1. The molecule has 5 nitrogen and oxygen atoms in total. The number of piperazine rings is 1. The Morgan fingerprint density at radius 2 is 1.71 bits per heavy atom. The van der Waals surface area contributed by atoms with Crippen molar-refractivity contribution in [3.8, 4) is 0 Å². The largest absolute Gasteiger partial charge is 0.383 e. The van der Waals surface area contributed by atoms with Crippen LogP contribution in [0.5, 0.6) is 0 Å². The summed E-state index contributed by atoms with van der Waals surface area (Å²) in [6, 6.07) is 18.6. The molecule has 0 unspecified atom stereocenters. The van der Waals surface area contributed by atoms with Crippen LogP contribution in [0.25, 0.3) is 0 Å². The van der Waals surface area contributed by atoms with Crippen LogP contribution in [0.3, 0.4) is 0 Å². The molecule has 0 N–H and O–H groups in total. The average Bonchev–Trinajstić information content (AvgIpc) is 2.75. The van der Waals surface area contributed by atoms with E-state index in [9.17, 15) is 4.79 Å². The summed E-state index contributed by atoms with van der Waals surface area (Å²) in [7, 11) is 0. The lowest BCUT2D eigenvalue weighted by atomic mass is 10.1. The first-order valence-electron chi connectivity index (χ1n) is 9.99. The summed E-state index contributed by atoms with van der Waals surface area (Å²) in [4.78, 5) is 22.3. The smallest absolute Gasteiger partial charge is 0.266 e. The fourth-order valence-electron chi connectivity index (χ4n) is 3.29. The standard InChI is InChI=1S/C23H29N3O2/c1-3-20-9-11-21(12-10-20)17-24-28-19(2)23(27)26-15-13-25(14-16-26)18-22-7-5-4-6-8-22/h4-12,17,19H,3,13-16,18H2,1-2H3/b24-17-/t19-/m0/s1. The van der Waals surface area contributed by atoms with Crippen LogP contribution in [0.4, 0.5) is 0 Å². The third kappa shape index (κ3) is 5.67. The summed E-state index contributed by atoms with van der Waals surface area (Å²) in [5.41, 5.74) is 3.56. The van der Waals surface area contributed by atoms with Gasteiger partial charge in [-0.1, -0.05) is 66.7 Å².